The van der Waals surface area contributed by atoms with Gasteiger partial charge in [-0.25, -0.2) is 0 Å². The summed E-state index contributed by atoms with van der Waals surface area (Å²) in [4.78, 5) is 1.43. The number of allylic oxidation sites excluding steroid dienone is 1. The second-order valence-electron chi connectivity index (χ2n) is 7.27. The van der Waals surface area contributed by atoms with E-state index >= 15 is 0 Å². The second kappa shape index (κ2) is 9.83. The first-order chi connectivity index (χ1) is 12.4. The average molecular weight is 432 g/mol. The summed E-state index contributed by atoms with van der Waals surface area (Å²) in [6, 6.07) is 13.3. The summed E-state index contributed by atoms with van der Waals surface area (Å²) in [5.74, 6) is 2.37. The predicted molar refractivity (Wildman–Crippen MR) is 120 cm³/mol. The van der Waals surface area contributed by atoms with E-state index in [1.54, 1.807) is 0 Å². The summed E-state index contributed by atoms with van der Waals surface area (Å²) >= 11 is 2.50. The van der Waals surface area contributed by atoms with E-state index in [1.165, 1.54) is 45.6 Å². The summed E-state index contributed by atoms with van der Waals surface area (Å²) < 4.78 is 0.357. The number of unbranched alkanes of at least 4 members (excludes halogenated alkanes) is 1. The van der Waals surface area contributed by atoms with E-state index in [0.29, 0.717) is 19.3 Å². The van der Waals surface area contributed by atoms with Crippen molar-refractivity contribution in [1.82, 2.24) is 0 Å². The number of rotatable bonds is 8. The topological polar surface area (TPSA) is 0 Å². The van der Waals surface area contributed by atoms with Gasteiger partial charge < -0.3 is 0 Å². The maximum atomic E-state index is 2.43. The van der Waals surface area contributed by atoms with Crippen LogP contribution in [0.4, 0.5) is 0 Å². The van der Waals surface area contributed by atoms with Crippen molar-refractivity contribution in [2.75, 3.05) is 0 Å². The van der Waals surface area contributed by atoms with Crippen LogP contribution in [-0.2, 0) is 4.31 Å². The van der Waals surface area contributed by atoms with E-state index in [0.717, 1.165) is 6.42 Å². The van der Waals surface area contributed by atoms with Gasteiger partial charge >= 0.3 is 171 Å². The first kappa shape index (κ1) is 21.4. The zero-order chi connectivity index (χ0) is 19.2. The van der Waals surface area contributed by atoms with Crippen LogP contribution in [0.5, 0.6) is 0 Å². The normalized spacial score (nSPS) is 13.9. The van der Waals surface area contributed by atoms with Crippen molar-refractivity contribution in [1.29, 1.82) is 0 Å². The molecule has 0 amide bonds. The first-order valence-corrected chi connectivity index (χ1v) is 12.8. The predicted octanol–water partition coefficient (Wildman–Crippen LogP) is 7.36. The molecule has 0 heterocycles. The Kier molecular flexibility index (Phi) is 8.07. The monoisotopic (exact) mass is 432 g/mol. The van der Waals surface area contributed by atoms with Gasteiger partial charge in [-0.2, -0.15) is 0 Å². The van der Waals surface area contributed by atoms with E-state index < -0.39 is 0 Å². The van der Waals surface area contributed by atoms with Crippen molar-refractivity contribution in [3.8, 4) is 0 Å². The molecule has 0 aliphatic heterocycles. The Bertz CT molecular complexity index is 722. The van der Waals surface area contributed by atoms with Gasteiger partial charge in [0.25, 0.3) is 0 Å². The van der Waals surface area contributed by atoms with Crippen molar-refractivity contribution in [2.45, 2.75) is 68.9 Å². The fourth-order valence-electron chi connectivity index (χ4n) is 3.25. The van der Waals surface area contributed by atoms with Gasteiger partial charge in [0.15, 0.2) is 0 Å². The molecule has 0 saturated carbocycles. The third-order valence-corrected chi connectivity index (χ3v) is 9.43. The Morgan fingerprint density at radius 3 is 2.19 bits per heavy atom. The molecule has 2 aromatic rings. The number of hydrogen-bond acceptors (Lipinski definition) is 1. The second-order valence-corrected chi connectivity index (χ2v) is 10.9. The van der Waals surface area contributed by atoms with Crippen LogP contribution in [0, 0.1) is 27.7 Å². The van der Waals surface area contributed by atoms with Crippen LogP contribution in [0.25, 0.3) is 0 Å². The van der Waals surface area contributed by atoms with E-state index in [4.69, 9.17) is 0 Å². The molecule has 0 bridgehead atoms. The van der Waals surface area contributed by atoms with Gasteiger partial charge in [0.1, 0.15) is 0 Å². The summed E-state index contributed by atoms with van der Waals surface area (Å²) in [7, 11) is 0. The molecule has 0 unspecified atom stereocenters. The molecule has 0 aliphatic rings. The van der Waals surface area contributed by atoms with Crippen LogP contribution in [0.1, 0.15) is 54.0 Å². The van der Waals surface area contributed by atoms with Crippen molar-refractivity contribution in [3.05, 3.63) is 75.7 Å². The van der Waals surface area contributed by atoms with Gasteiger partial charge in [0.05, 0.1) is 0 Å². The van der Waals surface area contributed by atoms with Crippen LogP contribution in [0.3, 0.4) is 0 Å². The van der Waals surface area contributed by atoms with Crippen molar-refractivity contribution >= 4 is 26.7 Å². The quantitative estimate of drug-likeness (QED) is 0.239. The van der Waals surface area contributed by atoms with Crippen LogP contribution in [0.2, 0.25) is 5.82 Å². The minimum absolute atomic E-state index is 0.357. The Morgan fingerprint density at radius 1 is 1.00 bits per heavy atom. The molecule has 0 fully saturated rings. The van der Waals surface area contributed by atoms with Gasteiger partial charge in [-0.3, -0.25) is 0 Å². The SMILES string of the molecule is C[Se][C@@](C)(CCC/C=C\Sc1c(C)c(C)cc(C)c1C)c1ccccc1. The van der Waals surface area contributed by atoms with Crippen LogP contribution < -0.4 is 0 Å². The molecule has 26 heavy (non-hydrogen) atoms. The Hall–Kier alpha value is -0.951. The van der Waals surface area contributed by atoms with Crippen molar-refractivity contribution in [3.63, 3.8) is 0 Å². The van der Waals surface area contributed by atoms with Gasteiger partial charge in [0, 0.05) is 0 Å². The molecule has 2 aromatic carbocycles. The molecule has 0 nitrogen and oxygen atoms in total. The van der Waals surface area contributed by atoms with Gasteiger partial charge in [0.2, 0.25) is 0 Å². The van der Waals surface area contributed by atoms with Crippen LogP contribution in [0.15, 0.2) is 52.8 Å². The summed E-state index contributed by atoms with van der Waals surface area (Å²) in [5, 5.41) is 2.30. The van der Waals surface area contributed by atoms with Gasteiger partial charge in [-0.15, -0.1) is 0 Å². The number of aryl methyl sites for hydroxylation is 2. The summed E-state index contributed by atoms with van der Waals surface area (Å²) in [6.45, 7) is 11.3. The standard InChI is InChI=1S/C24H32SSe/c1-18-17-19(2)21(4)23(20(18)3)25-16-12-8-11-15-24(5,26-6)22-13-9-7-10-14-22/h7,9-10,12-14,16-17H,8,11,15H2,1-6H3/b16-12-/t24-/m0/s1. The third-order valence-electron chi connectivity index (χ3n) is 5.44. The molecule has 0 aliphatic carbocycles. The van der Waals surface area contributed by atoms with E-state index in [9.17, 15) is 0 Å². The molecule has 0 radical (unpaired) electrons. The number of thioether (sulfide) groups is 1. The number of hydrogen-bond donors (Lipinski definition) is 0. The molecule has 0 spiro atoms. The molecule has 2 heteroatoms. The molecular weight excluding hydrogens is 399 g/mol. The molecule has 1 atom stereocenters. The molecule has 0 N–H and O–H groups in total. The Balaban J connectivity index is 1.91. The Labute approximate surface area is 171 Å². The summed E-state index contributed by atoms with van der Waals surface area (Å²) in [5.41, 5.74) is 7.14. The van der Waals surface area contributed by atoms with Crippen LogP contribution >= 0.6 is 11.8 Å². The fraction of sp³-hybridized carbons (Fsp3) is 0.417. The molecule has 2 rings (SSSR count). The molecule has 140 valence electrons. The first-order valence-electron chi connectivity index (χ1n) is 9.39. The van der Waals surface area contributed by atoms with Crippen LogP contribution in [-0.4, -0.2) is 15.0 Å². The summed E-state index contributed by atoms with van der Waals surface area (Å²) in [6.07, 6.45) is 6.04. The van der Waals surface area contributed by atoms with Gasteiger partial charge in [-0.1, -0.05) is 0 Å². The van der Waals surface area contributed by atoms with Crippen molar-refractivity contribution in [2.24, 2.45) is 0 Å². The average Bonchev–Trinajstić information content (AvgIpc) is 2.65. The zero-order valence-corrected chi connectivity index (χ0v) is 19.6. The molecular formula is C24H32SSe. The van der Waals surface area contributed by atoms with E-state index in [2.05, 4.69) is 88.3 Å². The molecule has 0 aromatic heterocycles. The number of benzene rings is 2. The zero-order valence-electron chi connectivity index (χ0n) is 17.1. The molecule has 0 saturated heterocycles. The van der Waals surface area contributed by atoms with Gasteiger partial charge in [-0.05, 0) is 0 Å². The van der Waals surface area contributed by atoms with Crippen molar-refractivity contribution < 1.29 is 0 Å². The van der Waals surface area contributed by atoms with E-state index in [1.807, 2.05) is 11.8 Å². The third kappa shape index (κ3) is 5.28. The maximum absolute atomic E-state index is 2.43. The minimum atomic E-state index is 0.357. The fourth-order valence-corrected chi connectivity index (χ4v) is 5.81. The Morgan fingerprint density at radius 2 is 1.62 bits per heavy atom. The van der Waals surface area contributed by atoms with E-state index in [-0.39, 0.29) is 0 Å².